The minimum atomic E-state index is -0.161. The summed E-state index contributed by atoms with van der Waals surface area (Å²) in [4.78, 5) is 5.21. The molecule has 0 bridgehead atoms. The van der Waals surface area contributed by atoms with Gasteiger partial charge >= 0.3 is 0 Å². The van der Waals surface area contributed by atoms with Crippen molar-refractivity contribution in [1.29, 1.82) is 5.26 Å². The molecular weight excluding hydrogens is 210 g/mol. The smallest absolute Gasteiger partial charge is 0.0684 e. The standard InChI is InChI=1S/C14H25N3/c1-14(2,12-15)6-10-16-9-5-13(11-16)17-7-3-4-8-17/h13H,3-11H2,1-2H3. The number of hydrogen-bond donors (Lipinski definition) is 0. The number of nitriles is 1. The van der Waals surface area contributed by atoms with Crippen molar-refractivity contribution in [1.82, 2.24) is 9.80 Å². The summed E-state index contributed by atoms with van der Waals surface area (Å²) in [5.74, 6) is 0. The summed E-state index contributed by atoms with van der Waals surface area (Å²) >= 11 is 0. The van der Waals surface area contributed by atoms with Gasteiger partial charge in [0.25, 0.3) is 0 Å². The molecule has 0 saturated carbocycles. The third-order valence-electron chi connectivity index (χ3n) is 4.26. The molecule has 1 unspecified atom stereocenters. The molecule has 17 heavy (non-hydrogen) atoms. The summed E-state index contributed by atoms with van der Waals surface area (Å²) < 4.78 is 0. The zero-order chi connectivity index (χ0) is 12.3. The average Bonchev–Trinajstić information content (AvgIpc) is 2.97. The topological polar surface area (TPSA) is 30.3 Å². The molecule has 2 heterocycles. The first kappa shape index (κ1) is 12.9. The van der Waals surface area contributed by atoms with Crippen LogP contribution in [0.15, 0.2) is 0 Å². The number of likely N-dealkylation sites (tertiary alicyclic amines) is 2. The highest BCUT2D eigenvalue weighted by molar-refractivity contribution is 4.93. The van der Waals surface area contributed by atoms with E-state index in [0.717, 1.165) is 19.0 Å². The summed E-state index contributed by atoms with van der Waals surface area (Å²) in [7, 11) is 0. The van der Waals surface area contributed by atoms with E-state index in [4.69, 9.17) is 5.26 Å². The molecule has 3 nitrogen and oxygen atoms in total. The molecule has 0 aromatic heterocycles. The minimum Gasteiger partial charge on any atom is -0.302 e. The molecular formula is C14H25N3. The van der Waals surface area contributed by atoms with Gasteiger partial charge < -0.3 is 4.90 Å². The Bertz CT molecular complexity index is 286. The highest BCUT2D eigenvalue weighted by Crippen LogP contribution is 2.23. The molecule has 2 saturated heterocycles. The maximum absolute atomic E-state index is 9.02. The fourth-order valence-electron chi connectivity index (χ4n) is 2.91. The first-order chi connectivity index (χ1) is 8.11. The molecule has 3 heteroatoms. The molecule has 2 rings (SSSR count). The molecule has 2 fully saturated rings. The summed E-state index contributed by atoms with van der Waals surface area (Å²) in [5.41, 5.74) is -0.161. The summed E-state index contributed by atoms with van der Waals surface area (Å²) in [6, 6.07) is 3.19. The highest BCUT2D eigenvalue weighted by Gasteiger charge is 2.29. The van der Waals surface area contributed by atoms with Crippen molar-refractivity contribution in [3.63, 3.8) is 0 Å². The molecule has 2 aliphatic rings. The molecule has 0 aromatic rings. The van der Waals surface area contributed by atoms with Crippen molar-refractivity contribution in [2.24, 2.45) is 5.41 Å². The Morgan fingerprint density at radius 3 is 2.59 bits per heavy atom. The normalized spacial score (nSPS) is 27.5. The maximum Gasteiger partial charge on any atom is 0.0684 e. The Morgan fingerprint density at radius 1 is 1.24 bits per heavy atom. The predicted molar refractivity (Wildman–Crippen MR) is 69.7 cm³/mol. The van der Waals surface area contributed by atoms with E-state index in [9.17, 15) is 0 Å². The molecule has 0 aromatic carbocycles. The molecule has 1 atom stereocenters. The van der Waals surface area contributed by atoms with Gasteiger partial charge in [-0.2, -0.15) is 5.26 Å². The fraction of sp³-hybridized carbons (Fsp3) is 0.929. The van der Waals surface area contributed by atoms with Crippen molar-refractivity contribution in [3.8, 4) is 6.07 Å². The van der Waals surface area contributed by atoms with Crippen molar-refractivity contribution in [2.45, 2.75) is 45.6 Å². The van der Waals surface area contributed by atoms with Gasteiger partial charge in [0.2, 0.25) is 0 Å². The van der Waals surface area contributed by atoms with E-state index < -0.39 is 0 Å². The lowest BCUT2D eigenvalue weighted by Gasteiger charge is -2.25. The highest BCUT2D eigenvalue weighted by atomic mass is 15.3. The third-order valence-corrected chi connectivity index (χ3v) is 4.26. The second-order valence-corrected chi connectivity index (χ2v) is 6.23. The minimum absolute atomic E-state index is 0.161. The second kappa shape index (κ2) is 5.37. The number of rotatable bonds is 4. The lowest BCUT2D eigenvalue weighted by atomic mass is 9.91. The molecule has 0 spiro atoms. The Hall–Kier alpha value is -0.590. The second-order valence-electron chi connectivity index (χ2n) is 6.23. The van der Waals surface area contributed by atoms with Crippen LogP contribution in [0.2, 0.25) is 0 Å². The van der Waals surface area contributed by atoms with E-state index in [2.05, 4.69) is 15.9 Å². The van der Waals surface area contributed by atoms with Crippen LogP contribution in [0.5, 0.6) is 0 Å². The monoisotopic (exact) mass is 235 g/mol. The van der Waals surface area contributed by atoms with Gasteiger partial charge in [-0.25, -0.2) is 0 Å². The van der Waals surface area contributed by atoms with Gasteiger partial charge in [-0.15, -0.1) is 0 Å². The summed E-state index contributed by atoms with van der Waals surface area (Å²) in [6.07, 6.45) is 5.10. The number of nitrogens with zero attached hydrogens (tertiary/aromatic N) is 3. The van der Waals surface area contributed by atoms with E-state index in [-0.39, 0.29) is 5.41 Å². The SMILES string of the molecule is CC(C)(C#N)CCN1CCC(N2CCCC2)C1. The Labute approximate surface area is 105 Å². The van der Waals surface area contributed by atoms with Crippen LogP contribution >= 0.6 is 0 Å². The van der Waals surface area contributed by atoms with Gasteiger partial charge in [0.15, 0.2) is 0 Å². The van der Waals surface area contributed by atoms with Gasteiger partial charge in [-0.3, -0.25) is 4.90 Å². The van der Waals surface area contributed by atoms with Crippen LogP contribution in [0.3, 0.4) is 0 Å². The van der Waals surface area contributed by atoms with Crippen molar-refractivity contribution < 1.29 is 0 Å². The first-order valence-corrected chi connectivity index (χ1v) is 6.98. The van der Waals surface area contributed by atoms with Crippen molar-refractivity contribution in [3.05, 3.63) is 0 Å². The van der Waals surface area contributed by atoms with Gasteiger partial charge in [-0.1, -0.05) is 0 Å². The Morgan fingerprint density at radius 2 is 1.94 bits per heavy atom. The van der Waals surface area contributed by atoms with Crippen LogP contribution in [0, 0.1) is 16.7 Å². The number of hydrogen-bond acceptors (Lipinski definition) is 3. The van der Waals surface area contributed by atoms with Crippen molar-refractivity contribution >= 4 is 0 Å². The summed E-state index contributed by atoms with van der Waals surface area (Å²) in [6.45, 7) is 10.2. The van der Waals surface area contributed by atoms with Crippen LogP contribution in [0.4, 0.5) is 0 Å². The van der Waals surface area contributed by atoms with Gasteiger partial charge in [-0.05, 0) is 65.7 Å². The lowest BCUT2D eigenvalue weighted by Crippen LogP contribution is -2.36. The molecule has 96 valence electrons. The average molecular weight is 235 g/mol. The molecule has 0 radical (unpaired) electrons. The Kier molecular flexibility index (Phi) is 4.06. The quantitative estimate of drug-likeness (QED) is 0.747. The molecule has 0 amide bonds. The van der Waals surface area contributed by atoms with E-state index in [1.165, 1.54) is 45.4 Å². The van der Waals surface area contributed by atoms with Gasteiger partial charge in [0.1, 0.15) is 0 Å². The summed E-state index contributed by atoms with van der Waals surface area (Å²) in [5, 5.41) is 9.02. The molecule has 0 N–H and O–H groups in total. The predicted octanol–water partition coefficient (Wildman–Crippen LogP) is 2.10. The first-order valence-electron chi connectivity index (χ1n) is 6.98. The van der Waals surface area contributed by atoms with E-state index in [1.807, 2.05) is 13.8 Å². The van der Waals surface area contributed by atoms with Gasteiger partial charge in [0.05, 0.1) is 11.5 Å². The van der Waals surface area contributed by atoms with Crippen LogP contribution in [0.1, 0.15) is 39.5 Å². The van der Waals surface area contributed by atoms with E-state index in [1.54, 1.807) is 0 Å². The van der Waals surface area contributed by atoms with Crippen LogP contribution < -0.4 is 0 Å². The molecule has 2 aliphatic heterocycles. The zero-order valence-electron chi connectivity index (χ0n) is 11.3. The van der Waals surface area contributed by atoms with Crippen molar-refractivity contribution in [2.75, 3.05) is 32.7 Å². The van der Waals surface area contributed by atoms with E-state index in [0.29, 0.717) is 0 Å². The Balaban J connectivity index is 1.73. The third kappa shape index (κ3) is 3.43. The molecule has 0 aliphatic carbocycles. The fourth-order valence-corrected chi connectivity index (χ4v) is 2.91. The van der Waals surface area contributed by atoms with Crippen LogP contribution in [0.25, 0.3) is 0 Å². The lowest BCUT2D eigenvalue weighted by molar-refractivity contribution is 0.223. The van der Waals surface area contributed by atoms with Gasteiger partial charge in [0, 0.05) is 12.6 Å². The maximum atomic E-state index is 9.02. The van der Waals surface area contributed by atoms with E-state index >= 15 is 0 Å². The largest absolute Gasteiger partial charge is 0.302 e. The van der Waals surface area contributed by atoms with Crippen LogP contribution in [-0.4, -0.2) is 48.6 Å². The zero-order valence-corrected chi connectivity index (χ0v) is 11.3. The van der Waals surface area contributed by atoms with Crippen LogP contribution in [-0.2, 0) is 0 Å².